The highest BCUT2D eigenvalue weighted by atomic mass is 127. The SMILES string of the molecule is FC(F)c1cc(I)nc(Cl)c1CBr. The lowest BCUT2D eigenvalue weighted by atomic mass is 10.2. The molecule has 0 radical (unpaired) electrons. The minimum Gasteiger partial charge on any atom is -0.230 e. The van der Waals surface area contributed by atoms with Gasteiger partial charge in [-0.2, -0.15) is 0 Å². The van der Waals surface area contributed by atoms with E-state index >= 15 is 0 Å². The van der Waals surface area contributed by atoms with Crippen molar-refractivity contribution in [3.63, 3.8) is 0 Å². The minimum absolute atomic E-state index is 0.0544. The van der Waals surface area contributed by atoms with E-state index in [9.17, 15) is 8.78 Å². The third-order valence-electron chi connectivity index (χ3n) is 1.45. The first-order valence-corrected chi connectivity index (χ1v) is 5.83. The summed E-state index contributed by atoms with van der Waals surface area (Å²) in [6.07, 6.45) is -2.51. The lowest BCUT2D eigenvalue weighted by molar-refractivity contribution is 0.150. The Kier molecular flexibility index (Phi) is 4.31. The Bertz CT molecular complexity index is 322. The van der Waals surface area contributed by atoms with Crippen LogP contribution in [0.15, 0.2) is 6.07 Å². The van der Waals surface area contributed by atoms with Crippen LogP contribution >= 0.6 is 50.1 Å². The molecular formula is C7H4BrClF2IN. The van der Waals surface area contributed by atoms with Gasteiger partial charge in [0, 0.05) is 16.5 Å². The van der Waals surface area contributed by atoms with Gasteiger partial charge in [0.1, 0.15) is 8.85 Å². The topological polar surface area (TPSA) is 12.9 Å². The first-order chi connectivity index (χ1) is 6.06. The zero-order valence-corrected chi connectivity index (χ0v) is 10.7. The maximum Gasteiger partial charge on any atom is 0.264 e. The summed E-state index contributed by atoms with van der Waals surface area (Å²) in [4.78, 5) is 3.88. The molecule has 0 amide bonds. The van der Waals surface area contributed by atoms with E-state index in [1.54, 1.807) is 0 Å². The maximum absolute atomic E-state index is 12.5. The summed E-state index contributed by atoms with van der Waals surface area (Å²) in [6, 6.07) is 1.34. The molecule has 1 aromatic rings. The molecule has 0 N–H and O–H groups in total. The van der Waals surface area contributed by atoms with Gasteiger partial charge in [0.15, 0.2) is 0 Å². The van der Waals surface area contributed by atoms with E-state index in [0.717, 1.165) is 0 Å². The summed E-state index contributed by atoms with van der Waals surface area (Å²) in [7, 11) is 0. The molecule has 0 saturated heterocycles. The lowest BCUT2D eigenvalue weighted by Gasteiger charge is -2.07. The predicted molar refractivity (Wildman–Crippen MR) is 59.6 cm³/mol. The summed E-state index contributed by atoms with van der Waals surface area (Å²) in [5.74, 6) is 0. The molecule has 0 spiro atoms. The van der Waals surface area contributed by atoms with Crippen LogP contribution in [0.2, 0.25) is 5.15 Å². The second-order valence-electron chi connectivity index (χ2n) is 2.24. The fraction of sp³-hybridized carbons (Fsp3) is 0.286. The van der Waals surface area contributed by atoms with Crippen molar-refractivity contribution in [2.24, 2.45) is 0 Å². The van der Waals surface area contributed by atoms with Crippen LogP contribution in [-0.4, -0.2) is 4.98 Å². The number of hydrogen-bond donors (Lipinski definition) is 0. The second kappa shape index (κ2) is 4.84. The van der Waals surface area contributed by atoms with Crippen LogP contribution < -0.4 is 0 Å². The molecule has 0 aromatic carbocycles. The zero-order chi connectivity index (χ0) is 10.0. The quantitative estimate of drug-likeness (QED) is 0.425. The van der Waals surface area contributed by atoms with Gasteiger partial charge in [-0.25, -0.2) is 13.8 Å². The van der Waals surface area contributed by atoms with Gasteiger partial charge in [0.25, 0.3) is 6.43 Å². The van der Waals surface area contributed by atoms with Crippen LogP contribution in [0.1, 0.15) is 17.6 Å². The molecule has 72 valence electrons. The van der Waals surface area contributed by atoms with Crippen molar-refractivity contribution in [2.45, 2.75) is 11.8 Å². The molecule has 0 aliphatic rings. The number of alkyl halides is 3. The first kappa shape index (κ1) is 11.6. The van der Waals surface area contributed by atoms with E-state index in [4.69, 9.17) is 11.6 Å². The van der Waals surface area contributed by atoms with Gasteiger partial charge >= 0.3 is 0 Å². The van der Waals surface area contributed by atoms with E-state index in [1.165, 1.54) is 6.07 Å². The van der Waals surface area contributed by atoms with E-state index < -0.39 is 6.43 Å². The van der Waals surface area contributed by atoms with Crippen LogP contribution in [0.3, 0.4) is 0 Å². The molecule has 1 nitrogen and oxygen atoms in total. The highest BCUT2D eigenvalue weighted by molar-refractivity contribution is 14.1. The summed E-state index contributed by atoms with van der Waals surface area (Å²) < 4.78 is 25.4. The largest absolute Gasteiger partial charge is 0.264 e. The Morgan fingerprint density at radius 2 is 2.23 bits per heavy atom. The lowest BCUT2D eigenvalue weighted by Crippen LogP contribution is -1.97. The monoisotopic (exact) mass is 381 g/mol. The highest BCUT2D eigenvalue weighted by Gasteiger charge is 2.16. The molecule has 13 heavy (non-hydrogen) atoms. The van der Waals surface area contributed by atoms with Crippen LogP contribution in [-0.2, 0) is 5.33 Å². The van der Waals surface area contributed by atoms with Gasteiger partial charge in [0.05, 0.1) is 0 Å². The van der Waals surface area contributed by atoms with Crippen molar-refractivity contribution in [2.75, 3.05) is 0 Å². The van der Waals surface area contributed by atoms with Crippen molar-refractivity contribution in [1.82, 2.24) is 4.98 Å². The molecule has 0 fully saturated rings. The van der Waals surface area contributed by atoms with Crippen LogP contribution in [0.4, 0.5) is 8.78 Å². The number of halogens is 5. The molecular weight excluding hydrogens is 378 g/mol. The fourth-order valence-electron chi connectivity index (χ4n) is 0.855. The van der Waals surface area contributed by atoms with Crippen molar-refractivity contribution in [1.29, 1.82) is 0 Å². The Morgan fingerprint density at radius 1 is 1.62 bits per heavy atom. The minimum atomic E-state index is -2.51. The highest BCUT2D eigenvalue weighted by Crippen LogP contribution is 2.29. The molecule has 0 saturated carbocycles. The Labute approximate surface area is 101 Å². The average molecular weight is 382 g/mol. The van der Waals surface area contributed by atoms with Crippen molar-refractivity contribution in [3.8, 4) is 0 Å². The fourth-order valence-corrected chi connectivity index (χ4v) is 2.59. The number of nitrogens with zero attached hydrogens (tertiary/aromatic N) is 1. The summed E-state index contributed by atoms with van der Waals surface area (Å²) in [5, 5.41) is 0.425. The molecule has 0 aliphatic heterocycles. The number of rotatable bonds is 2. The average Bonchev–Trinajstić information content (AvgIpc) is 2.02. The molecule has 1 heterocycles. The Morgan fingerprint density at radius 3 is 2.69 bits per heavy atom. The molecule has 0 unspecified atom stereocenters. The molecule has 1 rings (SSSR count). The third-order valence-corrected chi connectivity index (χ3v) is 2.87. The summed E-state index contributed by atoms with van der Waals surface area (Å²) in [6.45, 7) is 0. The van der Waals surface area contributed by atoms with E-state index in [1.807, 2.05) is 22.6 Å². The zero-order valence-electron chi connectivity index (χ0n) is 6.20. The number of aromatic nitrogens is 1. The van der Waals surface area contributed by atoms with Gasteiger partial charge in [-0.15, -0.1) is 0 Å². The van der Waals surface area contributed by atoms with Crippen molar-refractivity contribution < 1.29 is 8.78 Å². The molecule has 1 aromatic heterocycles. The van der Waals surface area contributed by atoms with Crippen LogP contribution in [0.25, 0.3) is 0 Å². The van der Waals surface area contributed by atoms with E-state index in [2.05, 4.69) is 20.9 Å². The normalized spacial score (nSPS) is 10.9. The van der Waals surface area contributed by atoms with Gasteiger partial charge in [0.2, 0.25) is 0 Å². The number of hydrogen-bond acceptors (Lipinski definition) is 1. The second-order valence-corrected chi connectivity index (χ2v) is 4.26. The predicted octanol–water partition coefficient (Wildman–Crippen LogP) is 4.17. The van der Waals surface area contributed by atoms with Gasteiger partial charge in [-0.3, -0.25) is 0 Å². The van der Waals surface area contributed by atoms with Crippen LogP contribution in [0.5, 0.6) is 0 Å². The maximum atomic E-state index is 12.5. The first-order valence-electron chi connectivity index (χ1n) is 3.25. The molecule has 0 aliphatic carbocycles. The van der Waals surface area contributed by atoms with Crippen molar-refractivity contribution >= 4 is 50.1 Å². The standard InChI is InChI=1S/C7H4BrClF2IN/c8-2-4-3(7(10)11)1-5(12)13-6(4)9/h1,7H,2H2. The summed E-state index contributed by atoms with van der Waals surface area (Å²) in [5.41, 5.74) is 0.304. The van der Waals surface area contributed by atoms with Crippen LogP contribution in [0, 0.1) is 3.70 Å². The van der Waals surface area contributed by atoms with Gasteiger partial charge < -0.3 is 0 Å². The third kappa shape index (κ3) is 2.73. The molecule has 0 atom stereocenters. The van der Waals surface area contributed by atoms with Gasteiger partial charge in [-0.05, 0) is 28.7 Å². The smallest absolute Gasteiger partial charge is 0.230 e. The molecule has 0 bridgehead atoms. The van der Waals surface area contributed by atoms with Gasteiger partial charge in [-0.1, -0.05) is 27.5 Å². The molecule has 6 heteroatoms. The van der Waals surface area contributed by atoms with E-state index in [0.29, 0.717) is 9.26 Å². The van der Waals surface area contributed by atoms with Crippen molar-refractivity contribution in [3.05, 3.63) is 26.0 Å². The Hall–Kier alpha value is 0.510. The van der Waals surface area contributed by atoms with E-state index in [-0.39, 0.29) is 16.0 Å². The number of pyridine rings is 1. The Balaban J connectivity index is 3.29. The summed E-state index contributed by atoms with van der Waals surface area (Å²) >= 11 is 10.6.